The Morgan fingerprint density at radius 1 is 1.35 bits per heavy atom. The Kier molecular flexibility index (Phi) is 3.64. The summed E-state index contributed by atoms with van der Waals surface area (Å²) in [6.45, 7) is 1.22. The van der Waals surface area contributed by atoms with Crippen LogP contribution in [-0.2, 0) is 11.3 Å². The average molecular weight is 278 g/mol. The maximum atomic E-state index is 10.8. The van der Waals surface area contributed by atoms with Crippen LogP contribution in [0.1, 0.15) is 24.8 Å². The molecule has 1 aliphatic heterocycles. The highest BCUT2D eigenvalue weighted by Crippen LogP contribution is 2.38. The van der Waals surface area contributed by atoms with Crippen LogP contribution in [0.3, 0.4) is 0 Å². The molecule has 0 unspecified atom stereocenters. The topological polar surface area (TPSA) is 82.8 Å². The third-order valence-corrected chi connectivity index (χ3v) is 3.32. The summed E-state index contributed by atoms with van der Waals surface area (Å²) in [6, 6.07) is 4.35. The van der Waals surface area contributed by atoms with Gasteiger partial charge in [0.1, 0.15) is 5.75 Å². The zero-order chi connectivity index (χ0) is 13.9. The van der Waals surface area contributed by atoms with Crippen molar-refractivity contribution >= 4 is 5.91 Å². The molecule has 3 rings (SSSR count). The molecule has 0 aromatic heterocycles. The average Bonchev–Trinajstić information content (AvgIpc) is 3.13. The summed E-state index contributed by atoms with van der Waals surface area (Å²) < 4.78 is 16.4. The van der Waals surface area contributed by atoms with Crippen LogP contribution in [0.15, 0.2) is 12.1 Å². The number of fused-ring (bicyclic) bond motifs is 1. The second-order valence-corrected chi connectivity index (χ2v) is 5.03. The Bertz CT molecular complexity index is 514. The van der Waals surface area contributed by atoms with Gasteiger partial charge in [0, 0.05) is 24.2 Å². The van der Waals surface area contributed by atoms with Gasteiger partial charge in [-0.05, 0) is 18.9 Å². The van der Waals surface area contributed by atoms with Crippen molar-refractivity contribution in [3.63, 3.8) is 0 Å². The molecule has 2 aliphatic rings. The van der Waals surface area contributed by atoms with Crippen molar-refractivity contribution in [2.45, 2.75) is 31.8 Å². The van der Waals surface area contributed by atoms with Crippen molar-refractivity contribution in [1.29, 1.82) is 0 Å². The minimum atomic E-state index is -0.372. The molecule has 1 amide bonds. The molecular formula is C14H18N2O4. The number of nitrogens with one attached hydrogen (secondary N) is 1. The minimum Gasteiger partial charge on any atom is -0.493 e. The first-order chi connectivity index (χ1) is 9.72. The predicted molar refractivity (Wildman–Crippen MR) is 71.7 cm³/mol. The number of rotatable bonds is 7. The fraction of sp³-hybridized carbons (Fsp3) is 0.500. The number of carbonyl (C=O) groups excluding carboxylic acids is 1. The van der Waals surface area contributed by atoms with Gasteiger partial charge >= 0.3 is 0 Å². The summed E-state index contributed by atoms with van der Waals surface area (Å²) in [7, 11) is 0. The first-order valence-corrected chi connectivity index (χ1v) is 6.79. The molecule has 0 saturated heterocycles. The van der Waals surface area contributed by atoms with Crippen molar-refractivity contribution in [2.24, 2.45) is 5.73 Å². The second-order valence-electron chi connectivity index (χ2n) is 5.03. The van der Waals surface area contributed by atoms with E-state index in [2.05, 4.69) is 5.32 Å². The Morgan fingerprint density at radius 2 is 2.10 bits per heavy atom. The number of ether oxygens (including phenoxy) is 3. The van der Waals surface area contributed by atoms with E-state index in [9.17, 15) is 4.79 Å². The van der Waals surface area contributed by atoms with Crippen LogP contribution in [0.4, 0.5) is 0 Å². The lowest BCUT2D eigenvalue weighted by Crippen LogP contribution is -2.17. The highest BCUT2D eigenvalue weighted by atomic mass is 16.7. The van der Waals surface area contributed by atoms with Gasteiger partial charge < -0.3 is 25.3 Å². The predicted octanol–water partition coefficient (Wildman–Crippen LogP) is 0.921. The number of carbonyl (C=O) groups is 1. The van der Waals surface area contributed by atoms with E-state index in [1.807, 2.05) is 12.1 Å². The second kappa shape index (κ2) is 5.58. The summed E-state index contributed by atoms with van der Waals surface area (Å²) in [5, 5.41) is 3.44. The molecule has 1 aromatic rings. The van der Waals surface area contributed by atoms with E-state index in [1.165, 1.54) is 12.8 Å². The van der Waals surface area contributed by atoms with Crippen LogP contribution in [0.25, 0.3) is 0 Å². The lowest BCUT2D eigenvalue weighted by atomic mass is 10.1. The van der Waals surface area contributed by atoms with Gasteiger partial charge in [0.2, 0.25) is 12.7 Å². The van der Waals surface area contributed by atoms with Gasteiger partial charge in [0.25, 0.3) is 0 Å². The van der Waals surface area contributed by atoms with Crippen molar-refractivity contribution < 1.29 is 19.0 Å². The van der Waals surface area contributed by atoms with Crippen molar-refractivity contribution in [2.75, 3.05) is 13.4 Å². The van der Waals surface area contributed by atoms with Crippen LogP contribution in [0.2, 0.25) is 0 Å². The van der Waals surface area contributed by atoms with Crippen molar-refractivity contribution in [1.82, 2.24) is 5.32 Å². The first-order valence-electron chi connectivity index (χ1n) is 6.79. The van der Waals surface area contributed by atoms with Gasteiger partial charge in [-0.2, -0.15) is 0 Å². The smallest absolute Gasteiger partial charge is 0.231 e. The number of primary amides is 1. The van der Waals surface area contributed by atoms with Crippen molar-refractivity contribution in [3.05, 3.63) is 17.7 Å². The fourth-order valence-electron chi connectivity index (χ4n) is 2.04. The Hall–Kier alpha value is -1.95. The Morgan fingerprint density at radius 3 is 2.80 bits per heavy atom. The van der Waals surface area contributed by atoms with Crippen LogP contribution in [0, 0.1) is 0 Å². The van der Waals surface area contributed by atoms with Gasteiger partial charge in [0.15, 0.2) is 11.5 Å². The summed E-state index contributed by atoms with van der Waals surface area (Å²) in [4.78, 5) is 10.8. The van der Waals surface area contributed by atoms with E-state index >= 15 is 0 Å². The third kappa shape index (κ3) is 3.14. The van der Waals surface area contributed by atoms with E-state index in [0.717, 1.165) is 11.3 Å². The standard InChI is InChI=1S/C14H18N2O4/c15-14(17)3-4-18-11-6-13-12(19-8-20-13)5-9(11)7-16-10-1-2-10/h5-6,10,16H,1-4,7-8H2,(H2,15,17). The maximum absolute atomic E-state index is 10.8. The quantitative estimate of drug-likeness (QED) is 0.775. The first kappa shape index (κ1) is 13.1. The molecule has 0 bridgehead atoms. The minimum absolute atomic E-state index is 0.198. The molecule has 6 nitrogen and oxygen atoms in total. The van der Waals surface area contributed by atoms with Crippen LogP contribution in [-0.4, -0.2) is 25.3 Å². The molecule has 0 spiro atoms. The zero-order valence-electron chi connectivity index (χ0n) is 11.2. The molecule has 108 valence electrons. The van der Waals surface area contributed by atoms with Gasteiger partial charge in [0.05, 0.1) is 13.0 Å². The molecular weight excluding hydrogens is 260 g/mol. The van der Waals surface area contributed by atoms with E-state index < -0.39 is 0 Å². The normalized spacial score (nSPS) is 16.2. The lowest BCUT2D eigenvalue weighted by molar-refractivity contribution is -0.118. The van der Waals surface area contributed by atoms with Gasteiger partial charge in [-0.1, -0.05) is 0 Å². The molecule has 1 fully saturated rings. The van der Waals surface area contributed by atoms with E-state index in [0.29, 0.717) is 24.1 Å². The van der Waals surface area contributed by atoms with Gasteiger partial charge in [-0.25, -0.2) is 0 Å². The Labute approximate surface area is 117 Å². The Balaban J connectivity index is 1.71. The van der Waals surface area contributed by atoms with E-state index in [1.54, 1.807) is 0 Å². The maximum Gasteiger partial charge on any atom is 0.231 e. The number of benzene rings is 1. The van der Waals surface area contributed by atoms with Crippen molar-refractivity contribution in [3.8, 4) is 17.2 Å². The summed E-state index contributed by atoms with van der Waals surface area (Å²) in [5.41, 5.74) is 6.12. The molecule has 1 aromatic carbocycles. The molecule has 20 heavy (non-hydrogen) atoms. The molecule has 1 saturated carbocycles. The largest absolute Gasteiger partial charge is 0.493 e. The highest BCUT2D eigenvalue weighted by molar-refractivity contribution is 5.73. The highest BCUT2D eigenvalue weighted by Gasteiger charge is 2.22. The lowest BCUT2D eigenvalue weighted by Gasteiger charge is -2.12. The summed E-state index contributed by atoms with van der Waals surface area (Å²) in [5.74, 6) is 1.75. The SMILES string of the molecule is NC(=O)CCOc1cc2c(cc1CNC1CC1)OCO2. The molecule has 1 heterocycles. The summed E-state index contributed by atoms with van der Waals surface area (Å²) in [6.07, 6.45) is 2.65. The number of amides is 1. The molecule has 3 N–H and O–H groups in total. The fourth-order valence-corrected chi connectivity index (χ4v) is 2.04. The molecule has 0 atom stereocenters. The number of nitrogens with two attached hydrogens (primary N) is 1. The van der Waals surface area contributed by atoms with Crippen LogP contribution in [0.5, 0.6) is 17.2 Å². The van der Waals surface area contributed by atoms with Gasteiger partial charge in [-0.15, -0.1) is 0 Å². The number of hydrogen-bond acceptors (Lipinski definition) is 5. The number of hydrogen-bond donors (Lipinski definition) is 2. The monoisotopic (exact) mass is 278 g/mol. The zero-order valence-corrected chi connectivity index (χ0v) is 11.2. The third-order valence-electron chi connectivity index (χ3n) is 3.32. The van der Waals surface area contributed by atoms with E-state index in [4.69, 9.17) is 19.9 Å². The molecule has 1 aliphatic carbocycles. The van der Waals surface area contributed by atoms with Gasteiger partial charge in [-0.3, -0.25) is 4.79 Å². The summed E-state index contributed by atoms with van der Waals surface area (Å²) >= 11 is 0. The van der Waals surface area contributed by atoms with Crippen LogP contribution < -0.4 is 25.3 Å². The van der Waals surface area contributed by atoms with E-state index in [-0.39, 0.29) is 25.7 Å². The molecule has 6 heteroatoms. The molecule has 0 radical (unpaired) electrons. The van der Waals surface area contributed by atoms with Crippen LogP contribution >= 0.6 is 0 Å².